The highest BCUT2D eigenvalue weighted by Crippen LogP contribution is 2.16. The molecule has 0 spiro atoms. The van der Waals surface area contributed by atoms with Crippen molar-refractivity contribution in [3.63, 3.8) is 0 Å². The number of aromatic nitrogens is 1. The number of carbonyl (C=O) groups is 1. The fourth-order valence-electron chi connectivity index (χ4n) is 2.00. The van der Waals surface area contributed by atoms with E-state index in [9.17, 15) is 4.79 Å². The lowest BCUT2D eigenvalue weighted by atomic mass is 10.2. The van der Waals surface area contributed by atoms with Gasteiger partial charge in [-0.15, -0.1) is 0 Å². The summed E-state index contributed by atoms with van der Waals surface area (Å²) in [5, 5.41) is 3.38. The summed E-state index contributed by atoms with van der Waals surface area (Å²) in [6.45, 7) is 4.94. The van der Waals surface area contributed by atoms with Gasteiger partial charge in [0.05, 0.1) is 24.6 Å². The topological polar surface area (TPSA) is 54.5 Å². The Bertz CT molecular complexity index is 408. The lowest BCUT2D eigenvalue weighted by Crippen LogP contribution is -2.49. The van der Waals surface area contributed by atoms with Gasteiger partial charge in [-0.1, -0.05) is 0 Å². The summed E-state index contributed by atoms with van der Waals surface area (Å²) in [4.78, 5) is 17.7. The molecule has 1 aliphatic rings. The summed E-state index contributed by atoms with van der Waals surface area (Å²) in [5.74, 6) is -0.345. The van der Waals surface area contributed by atoms with Crippen molar-refractivity contribution in [1.29, 1.82) is 0 Å². The Hall–Kier alpha value is -1.62. The zero-order chi connectivity index (χ0) is 12.3. The number of esters is 1. The molecular formula is C12H17N3O2. The zero-order valence-electron chi connectivity index (χ0n) is 10.1. The molecule has 1 aromatic heterocycles. The molecular weight excluding hydrogens is 218 g/mol. The van der Waals surface area contributed by atoms with Gasteiger partial charge < -0.3 is 15.0 Å². The van der Waals surface area contributed by atoms with E-state index in [1.165, 1.54) is 13.3 Å². The number of hydrogen-bond donors (Lipinski definition) is 1. The highest BCUT2D eigenvalue weighted by Gasteiger charge is 2.17. The molecule has 2 rings (SSSR count). The third-order valence-electron chi connectivity index (χ3n) is 2.88. The number of nitrogens with zero attached hydrogens (tertiary/aromatic N) is 2. The van der Waals surface area contributed by atoms with E-state index in [2.05, 4.69) is 26.9 Å². The average Bonchev–Trinajstić information content (AvgIpc) is 2.38. The van der Waals surface area contributed by atoms with Crippen molar-refractivity contribution in [2.24, 2.45) is 0 Å². The van der Waals surface area contributed by atoms with Crippen molar-refractivity contribution in [1.82, 2.24) is 10.3 Å². The Kier molecular flexibility index (Phi) is 3.58. The van der Waals surface area contributed by atoms with Crippen LogP contribution in [0.4, 0.5) is 5.69 Å². The number of pyridine rings is 1. The highest BCUT2D eigenvalue weighted by molar-refractivity contribution is 5.90. The van der Waals surface area contributed by atoms with Gasteiger partial charge in [0.15, 0.2) is 0 Å². The maximum Gasteiger partial charge on any atom is 0.339 e. The quantitative estimate of drug-likeness (QED) is 0.763. The van der Waals surface area contributed by atoms with E-state index >= 15 is 0 Å². The van der Waals surface area contributed by atoms with Crippen LogP contribution in [-0.4, -0.2) is 43.7 Å². The second-order valence-corrected chi connectivity index (χ2v) is 4.22. The van der Waals surface area contributed by atoms with E-state index in [0.717, 1.165) is 25.3 Å². The first kappa shape index (κ1) is 11.9. The van der Waals surface area contributed by atoms with Gasteiger partial charge in [-0.3, -0.25) is 4.98 Å². The molecule has 0 amide bonds. The molecule has 0 unspecified atom stereocenters. The van der Waals surface area contributed by atoms with E-state index < -0.39 is 0 Å². The highest BCUT2D eigenvalue weighted by atomic mass is 16.5. The Morgan fingerprint density at radius 1 is 1.59 bits per heavy atom. The van der Waals surface area contributed by atoms with Crippen molar-refractivity contribution in [3.05, 3.63) is 24.0 Å². The second kappa shape index (κ2) is 5.14. The third kappa shape index (κ3) is 2.74. The van der Waals surface area contributed by atoms with Crippen LogP contribution >= 0.6 is 0 Å². The normalized spacial score (nSPS) is 20.1. The number of piperazine rings is 1. The molecule has 1 saturated heterocycles. The number of nitrogens with one attached hydrogen (secondary N) is 1. The number of rotatable bonds is 2. The molecule has 92 valence electrons. The molecule has 1 fully saturated rings. The average molecular weight is 235 g/mol. The molecule has 0 saturated carbocycles. The van der Waals surface area contributed by atoms with Gasteiger partial charge in [-0.25, -0.2) is 4.79 Å². The molecule has 2 heterocycles. The molecule has 0 bridgehead atoms. The molecule has 5 nitrogen and oxygen atoms in total. The molecule has 0 radical (unpaired) electrons. The Morgan fingerprint density at radius 3 is 3.12 bits per heavy atom. The number of methoxy groups -OCH3 is 1. The molecule has 0 aromatic carbocycles. The third-order valence-corrected chi connectivity index (χ3v) is 2.88. The van der Waals surface area contributed by atoms with Crippen LogP contribution in [0.1, 0.15) is 17.3 Å². The van der Waals surface area contributed by atoms with Gasteiger partial charge in [0.25, 0.3) is 0 Å². The summed E-state index contributed by atoms with van der Waals surface area (Å²) >= 11 is 0. The minimum Gasteiger partial charge on any atom is -0.465 e. The standard InChI is InChI=1S/C12H17N3O2/c1-9-8-15(4-3-14-9)11-5-10(6-13-7-11)12(16)17-2/h5-7,9,14H,3-4,8H2,1-2H3/t9-/m1/s1. The summed E-state index contributed by atoms with van der Waals surface area (Å²) in [5.41, 5.74) is 1.47. The summed E-state index contributed by atoms with van der Waals surface area (Å²) in [6.07, 6.45) is 3.31. The number of anilines is 1. The lowest BCUT2D eigenvalue weighted by Gasteiger charge is -2.33. The molecule has 17 heavy (non-hydrogen) atoms. The lowest BCUT2D eigenvalue weighted by molar-refractivity contribution is 0.0600. The minimum atomic E-state index is -0.345. The number of hydrogen-bond acceptors (Lipinski definition) is 5. The van der Waals surface area contributed by atoms with E-state index in [0.29, 0.717) is 11.6 Å². The SMILES string of the molecule is COC(=O)c1cncc(N2CCN[C@H](C)C2)c1. The Balaban J connectivity index is 2.17. The van der Waals surface area contributed by atoms with Crippen molar-refractivity contribution >= 4 is 11.7 Å². The molecule has 5 heteroatoms. The molecule has 1 aromatic rings. The molecule has 0 aliphatic carbocycles. The van der Waals surface area contributed by atoms with Crippen LogP contribution in [0.5, 0.6) is 0 Å². The van der Waals surface area contributed by atoms with Gasteiger partial charge in [-0.05, 0) is 13.0 Å². The van der Waals surface area contributed by atoms with Gasteiger partial charge in [-0.2, -0.15) is 0 Å². The monoisotopic (exact) mass is 235 g/mol. The maximum atomic E-state index is 11.4. The van der Waals surface area contributed by atoms with Crippen LogP contribution in [0.15, 0.2) is 18.5 Å². The first-order valence-corrected chi connectivity index (χ1v) is 5.72. The van der Waals surface area contributed by atoms with Crippen molar-refractivity contribution in [3.8, 4) is 0 Å². The maximum absolute atomic E-state index is 11.4. The summed E-state index contributed by atoms with van der Waals surface area (Å²) < 4.78 is 4.69. The van der Waals surface area contributed by atoms with Gasteiger partial charge in [0.2, 0.25) is 0 Å². The van der Waals surface area contributed by atoms with Crippen molar-refractivity contribution in [2.75, 3.05) is 31.6 Å². The van der Waals surface area contributed by atoms with E-state index in [1.54, 1.807) is 6.20 Å². The molecule has 1 atom stereocenters. The predicted molar refractivity (Wildman–Crippen MR) is 65.3 cm³/mol. The fraction of sp³-hybridized carbons (Fsp3) is 0.500. The van der Waals surface area contributed by atoms with Crippen LogP contribution in [0.3, 0.4) is 0 Å². The molecule has 1 aliphatic heterocycles. The Morgan fingerprint density at radius 2 is 2.41 bits per heavy atom. The van der Waals surface area contributed by atoms with Crippen LogP contribution in [0.2, 0.25) is 0 Å². The van der Waals surface area contributed by atoms with Crippen LogP contribution in [0, 0.1) is 0 Å². The van der Waals surface area contributed by atoms with E-state index in [4.69, 9.17) is 0 Å². The number of carbonyl (C=O) groups excluding carboxylic acids is 1. The van der Waals surface area contributed by atoms with Gasteiger partial charge >= 0.3 is 5.97 Å². The van der Waals surface area contributed by atoms with Crippen LogP contribution in [-0.2, 0) is 4.74 Å². The molecule has 1 N–H and O–H groups in total. The van der Waals surface area contributed by atoms with Gasteiger partial charge in [0, 0.05) is 31.9 Å². The van der Waals surface area contributed by atoms with Crippen molar-refractivity contribution < 1.29 is 9.53 Å². The first-order chi connectivity index (χ1) is 8.20. The zero-order valence-corrected chi connectivity index (χ0v) is 10.1. The van der Waals surface area contributed by atoms with Crippen LogP contribution in [0.25, 0.3) is 0 Å². The van der Waals surface area contributed by atoms with E-state index in [1.807, 2.05) is 6.07 Å². The van der Waals surface area contributed by atoms with Crippen molar-refractivity contribution in [2.45, 2.75) is 13.0 Å². The fourth-order valence-corrected chi connectivity index (χ4v) is 2.00. The summed E-state index contributed by atoms with van der Waals surface area (Å²) in [6, 6.07) is 2.28. The van der Waals surface area contributed by atoms with E-state index in [-0.39, 0.29) is 5.97 Å². The van der Waals surface area contributed by atoms with Crippen LogP contribution < -0.4 is 10.2 Å². The summed E-state index contributed by atoms with van der Waals surface area (Å²) in [7, 11) is 1.38. The minimum absolute atomic E-state index is 0.345. The Labute approximate surface area is 101 Å². The first-order valence-electron chi connectivity index (χ1n) is 5.72. The largest absolute Gasteiger partial charge is 0.465 e. The number of ether oxygens (including phenoxy) is 1. The predicted octanol–water partition coefficient (Wildman–Crippen LogP) is 0.666. The van der Waals surface area contributed by atoms with Gasteiger partial charge in [0.1, 0.15) is 0 Å². The smallest absolute Gasteiger partial charge is 0.339 e. The second-order valence-electron chi connectivity index (χ2n) is 4.22.